The first kappa shape index (κ1) is 20.7. The summed E-state index contributed by atoms with van der Waals surface area (Å²) < 4.78 is 1.83. The predicted octanol–water partition coefficient (Wildman–Crippen LogP) is 4.28. The fraction of sp³-hybridized carbons (Fsp3) is 0.370. The van der Waals surface area contributed by atoms with Crippen molar-refractivity contribution in [2.24, 2.45) is 5.41 Å². The van der Waals surface area contributed by atoms with Crippen LogP contribution in [-0.2, 0) is 30.7 Å². The Morgan fingerprint density at radius 3 is 2.19 bits per heavy atom. The molecule has 1 unspecified atom stereocenters. The van der Waals surface area contributed by atoms with E-state index in [-0.39, 0.29) is 17.5 Å². The minimum absolute atomic E-state index is 0.0585. The normalized spacial score (nSPS) is 19.4. The standard InChI is InChI=1S/C27H29N3O2/c1-27(2)16-23(29(26(27)32)17-19-10-5-3-6-11-19)24-28-22-15-9-14-21(22)25(31)30(24)18-20-12-7-4-8-13-20/h3-8,10-13,23H,9,14-18H2,1-2H3. The van der Waals surface area contributed by atoms with Crippen molar-refractivity contribution in [2.45, 2.75) is 58.7 Å². The molecule has 0 N–H and O–H groups in total. The number of aryl methyl sites for hydroxylation is 1. The lowest BCUT2D eigenvalue weighted by atomic mass is 9.89. The van der Waals surface area contributed by atoms with E-state index in [0.29, 0.717) is 19.5 Å². The molecule has 2 aliphatic rings. The number of hydrogen-bond acceptors (Lipinski definition) is 3. The summed E-state index contributed by atoms with van der Waals surface area (Å²) in [5.41, 5.74) is 3.49. The minimum Gasteiger partial charge on any atom is -0.328 e. The summed E-state index contributed by atoms with van der Waals surface area (Å²) in [6.07, 6.45) is 3.25. The van der Waals surface area contributed by atoms with Gasteiger partial charge in [0.2, 0.25) is 5.91 Å². The molecule has 1 aliphatic carbocycles. The highest BCUT2D eigenvalue weighted by Crippen LogP contribution is 2.44. The van der Waals surface area contributed by atoms with E-state index in [9.17, 15) is 9.59 Å². The Hall–Kier alpha value is -3.21. The van der Waals surface area contributed by atoms with E-state index in [4.69, 9.17) is 4.98 Å². The SMILES string of the molecule is CC1(C)CC(c2nc3c(c(=O)n2Cc2ccccc2)CCC3)N(Cc2ccccc2)C1=O. The third kappa shape index (κ3) is 3.66. The van der Waals surface area contributed by atoms with Gasteiger partial charge in [-0.15, -0.1) is 0 Å². The van der Waals surface area contributed by atoms with Crippen LogP contribution >= 0.6 is 0 Å². The molecule has 164 valence electrons. The average Bonchev–Trinajstić information content (AvgIpc) is 3.35. The van der Waals surface area contributed by atoms with Crippen molar-refractivity contribution in [3.05, 3.63) is 99.2 Å². The lowest BCUT2D eigenvalue weighted by molar-refractivity contribution is -0.136. The molecule has 0 bridgehead atoms. The summed E-state index contributed by atoms with van der Waals surface area (Å²) in [6.45, 7) is 4.99. The molecular weight excluding hydrogens is 398 g/mol. The summed E-state index contributed by atoms with van der Waals surface area (Å²) in [5, 5.41) is 0. The van der Waals surface area contributed by atoms with Crippen LogP contribution in [0.15, 0.2) is 65.5 Å². The van der Waals surface area contributed by atoms with E-state index in [1.165, 1.54) is 0 Å². The monoisotopic (exact) mass is 427 g/mol. The van der Waals surface area contributed by atoms with Gasteiger partial charge in [0.25, 0.3) is 5.56 Å². The van der Waals surface area contributed by atoms with E-state index in [0.717, 1.165) is 47.5 Å². The molecule has 0 saturated carbocycles. The zero-order chi connectivity index (χ0) is 22.3. The van der Waals surface area contributed by atoms with Gasteiger partial charge in [-0.05, 0) is 36.8 Å². The van der Waals surface area contributed by atoms with Gasteiger partial charge >= 0.3 is 0 Å². The van der Waals surface area contributed by atoms with Gasteiger partial charge in [-0.25, -0.2) is 4.98 Å². The maximum Gasteiger partial charge on any atom is 0.257 e. The van der Waals surface area contributed by atoms with Crippen LogP contribution in [-0.4, -0.2) is 20.4 Å². The fourth-order valence-electron chi connectivity index (χ4n) is 5.12. The maximum atomic E-state index is 13.6. The molecule has 5 nitrogen and oxygen atoms in total. The van der Waals surface area contributed by atoms with Crippen molar-refractivity contribution < 1.29 is 4.79 Å². The molecule has 3 aromatic rings. The molecule has 1 saturated heterocycles. The number of amides is 1. The number of carbonyl (C=O) groups excluding carboxylic acids is 1. The Morgan fingerprint density at radius 1 is 0.906 bits per heavy atom. The van der Waals surface area contributed by atoms with Gasteiger partial charge in [0.15, 0.2) is 0 Å². The van der Waals surface area contributed by atoms with Crippen LogP contribution in [0.3, 0.4) is 0 Å². The first-order valence-corrected chi connectivity index (χ1v) is 11.5. The topological polar surface area (TPSA) is 55.2 Å². The molecule has 2 heterocycles. The van der Waals surface area contributed by atoms with Crippen molar-refractivity contribution in [3.63, 3.8) is 0 Å². The van der Waals surface area contributed by atoms with Crippen LogP contribution in [0.4, 0.5) is 0 Å². The molecule has 2 aromatic carbocycles. The van der Waals surface area contributed by atoms with E-state index < -0.39 is 5.41 Å². The second kappa shape index (κ2) is 8.05. The third-order valence-electron chi connectivity index (χ3n) is 6.82. The van der Waals surface area contributed by atoms with Crippen molar-refractivity contribution in [3.8, 4) is 0 Å². The zero-order valence-electron chi connectivity index (χ0n) is 18.8. The highest BCUT2D eigenvalue weighted by molar-refractivity contribution is 5.84. The number of hydrogen-bond donors (Lipinski definition) is 0. The number of aromatic nitrogens is 2. The predicted molar refractivity (Wildman–Crippen MR) is 124 cm³/mol. The summed E-state index contributed by atoms with van der Waals surface area (Å²) in [7, 11) is 0. The van der Waals surface area contributed by atoms with Gasteiger partial charge in [0, 0.05) is 17.5 Å². The highest BCUT2D eigenvalue weighted by Gasteiger charge is 2.47. The van der Waals surface area contributed by atoms with Crippen LogP contribution in [0.5, 0.6) is 0 Å². The lowest BCUT2D eigenvalue weighted by Gasteiger charge is -2.27. The van der Waals surface area contributed by atoms with Gasteiger partial charge in [0.1, 0.15) is 5.82 Å². The first-order valence-electron chi connectivity index (χ1n) is 11.5. The van der Waals surface area contributed by atoms with Crippen LogP contribution in [0, 0.1) is 5.41 Å². The van der Waals surface area contributed by atoms with Crippen LogP contribution in [0.1, 0.15) is 60.9 Å². The van der Waals surface area contributed by atoms with Crippen LogP contribution in [0.25, 0.3) is 0 Å². The van der Waals surface area contributed by atoms with Gasteiger partial charge in [0.05, 0.1) is 18.3 Å². The van der Waals surface area contributed by atoms with Crippen LogP contribution in [0.2, 0.25) is 0 Å². The van der Waals surface area contributed by atoms with Gasteiger partial charge < -0.3 is 4.90 Å². The van der Waals surface area contributed by atoms with E-state index in [1.54, 1.807) is 0 Å². The lowest BCUT2D eigenvalue weighted by Crippen LogP contribution is -2.36. The van der Waals surface area contributed by atoms with E-state index in [2.05, 4.69) is 0 Å². The molecule has 32 heavy (non-hydrogen) atoms. The quantitative estimate of drug-likeness (QED) is 0.611. The molecule has 1 aromatic heterocycles. The first-order chi connectivity index (χ1) is 15.4. The molecular formula is C27H29N3O2. The third-order valence-corrected chi connectivity index (χ3v) is 6.82. The van der Waals surface area contributed by atoms with E-state index >= 15 is 0 Å². The summed E-state index contributed by atoms with van der Waals surface area (Å²) in [4.78, 5) is 34.0. The molecule has 1 amide bonds. The van der Waals surface area contributed by atoms with Gasteiger partial charge in [-0.3, -0.25) is 14.2 Å². The van der Waals surface area contributed by atoms with Crippen molar-refractivity contribution in [2.75, 3.05) is 0 Å². The number of likely N-dealkylation sites (tertiary alicyclic amines) is 1. The zero-order valence-corrected chi connectivity index (χ0v) is 18.8. The number of fused-ring (bicyclic) bond motifs is 1. The summed E-state index contributed by atoms with van der Waals surface area (Å²) in [5.74, 6) is 0.849. The average molecular weight is 428 g/mol. The Kier molecular flexibility index (Phi) is 5.20. The second-order valence-electron chi connectivity index (χ2n) is 9.65. The molecule has 1 atom stereocenters. The summed E-state index contributed by atoms with van der Waals surface area (Å²) >= 11 is 0. The second-order valence-corrected chi connectivity index (χ2v) is 9.65. The molecule has 5 rings (SSSR count). The number of nitrogens with zero attached hydrogens (tertiary/aromatic N) is 3. The maximum absolute atomic E-state index is 13.6. The largest absolute Gasteiger partial charge is 0.328 e. The molecule has 1 fully saturated rings. The molecule has 1 aliphatic heterocycles. The Balaban J connectivity index is 1.62. The van der Waals surface area contributed by atoms with E-state index in [1.807, 2.05) is 84.0 Å². The van der Waals surface area contributed by atoms with Crippen molar-refractivity contribution in [1.29, 1.82) is 0 Å². The number of benzene rings is 2. The Bertz CT molecular complexity index is 1200. The number of rotatable bonds is 5. The molecule has 5 heteroatoms. The van der Waals surface area contributed by atoms with Crippen molar-refractivity contribution >= 4 is 5.91 Å². The minimum atomic E-state index is -0.492. The van der Waals surface area contributed by atoms with Gasteiger partial charge in [-0.2, -0.15) is 0 Å². The van der Waals surface area contributed by atoms with Crippen LogP contribution < -0.4 is 5.56 Å². The van der Waals surface area contributed by atoms with Crippen molar-refractivity contribution in [1.82, 2.24) is 14.5 Å². The molecule has 0 radical (unpaired) electrons. The Morgan fingerprint density at radius 2 is 1.53 bits per heavy atom. The van der Waals surface area contributed by atoms with Gasteiger partial charge in [-0.1, -0.05) is 74.5 Å². The summed E-state index contributed by atoms with van der Waals surface area (Å²) in [6, 6.07) is 19.9. The highest BCUT2D eigenvalue weighted by atomic mass is 16.2. The Labute approximate surface area is 188 Å². The molecule has 0 spiro atoms. The fourth-order valence-corrected chi connectivity index (χ4v) is 5.12. The smallest absolute Gasteiger partial charge is 0.257 e. The number of carbonyl (C=O) groups is 1.